The van der Waals surface area contributed by atoms with Crippen LogP contribution < -0.4 is 4.90 Å². The van der Waals surface area contributed by atoms with Crippen molar-refractivity contribution in [3.63, 3.8) is 0 Å². The average molecular weight is 418 g/mol. The molecule has 0 spiro atoms. The van der Waals surface area contributed by atoms with Crippen molar-refractivity contribution in [3.05, 3.63) is 65.7 Å². The van der Waals surface area contributed by atoms with Gasteiger partial charge in [0.2, 0.25) is 0 Å². The molecule has 0 aromatic heterocycles. The number of para-hydroxylation sites is 1. The third-order valence-corrected chi connectivity index (χ3v) is 6.12. The second-order valence-corrected chi connectivity index (χ2v) is 9.59. The van der Waals surface area contributed by atoms with E-state index in [-0.39, 0.29) is 11.4 Å². The lowest BCUT2D eigenvalue weighted by atomic mass is 9.87. The first-order chi connectivity index (χ1) is 14.4. The predicted octanol–water partition coefficient (Wildman–Crippen LogP) is 5.49. The fourth-order valence-corrected chi connectivity index (χ4v) is 4.18. The van der Waals surface area contributed by atoms with Gasteiger partial charge >= 0.3 is 6.03 Å². The molecule has 1 aliphatic heterocycles. The number of hydrogen-bond acceptors (Lipinski definition) is 3. The molecular weight excluding hydrogens is 390 g/mol. The predicted molar refractivity (Wildman–Crippen MR) is 126 cm³/mol. The first-order valence-electron chi connectivity index (χ1n) is 10.4. The first-order valence-corrected chi connectivity index (χ1v) is 11.3. The molecule has 2 aromatic carbocycles. The van der Waals surface area contributed by atoms with Crippen molar-refractivity contribution in [2.75, 3.05) is 17.3 Å². The second kappa shape index (κ2) is 8.57. The van der Waals surface area contributed by atoms with Gasteiger partial charge in [-0.15, -0.1) is 0 Å². The number of anilines is 1. The van der Waals surface area contributed by atoms with Crippen LogP contribution in [0.15, 0.2) is 59.6 Å². The molecule has 4 rings (SSSR count). The number of thioether (sulfide) groups is 1. The molecule has 154 valence electrons. The molecule has 1 heterocycles. The number of carbonyl (C=O) groups excluding carboxylic acids is 1. The zero-order valence-electron chi connectivity index (χ0n) is 17.8. The van der Waals surface area contributed by atoms with E-state index in [1.165, 1.54) is 5.56 Å². The fourth-order valence-electron chi connectivity index (χ4n) is 3.15. The largest absolute Gasteiger partial charge is 0.332 e. The number of amides is 2. The quantitative estimate of drug-likeness (QED) is 0.620. The highest BCUT2D eigenvalue weighted by molar-refractivity contribution is 8.14. The van der Waals surface area contributed by atoms with Gasteiger partial charge < -0.3 is 0 Å². The van der Waals surface area contributed by atoms with Crippen LogP contribution in [0.5, 0.6) is 0 Å². The van der Waals surface area contributed by atoms with Gasteiger partial charge in [0.05, 0.1) is 18.5 Å². The van der Waals surface area contributed by atoms with Crippen molar-refractivity contribution in [3.8, 4) is 11.8 Å². The zero-order chi connectivity index (χ0) is 21.1. The van der Waals surface area contributed by atoms with Gasteiger partial charge in [0.1, 0.15) is 0 Å². The van der Waals surface area contributed by atoms with E-state index < -0.39 is 0 Å². The van der Waals surface area contributed by atoms with E-state index in [0.29, 0.717) is 18.5 Å². The van der Waals surface area contributed by atoms with Crippen LogP contribution in [0.2, 0.25) is 0 Å². The molecule has 2 fully saturated rings. The van der Waals surface area contributed by atoms with Gasteiger partial charge in [0.25, 0.3) is 0 Å². The highest BCUT2D eigenvalue weighted by Crippen LogP contribution is 2.30. The molecule has 1 saturated heterocycles. The number of benzene rings is 2. The van der Waals surface area contributed by atoms with E-state index >= 15 is 0 Å². The van der Waals surface area contributed by atoms with Crippen LogP contribution in [0, 0.1) is 11.8 Å². The van der Waals surface area contributed by atoms with Crippen molar-refractivity contribution < 1.29 is 4.79 Å². The Morgan fingerprint density at radius 3 is 2.40 bits per heavy atom. The second-order valence-electron chi connectivity index (χ2n) is 8.68. The van der Waals surface area contributed by atoms with Crippen molar-refractivity contribution in [2.24, 2.45) is 4.99 Å². The average Bonchev–Trinajstić information content (AvgIpc) is 3.55. The molecular formula is C25H27N3OS. The first kappa shape index (κ1) is 20.6. The van der Waals surface area contributed by atoms with Crippen LogP contribution in [0.3, 0.4) is 0 Å². The highest BCUT2D eigenvalue weighted by Gasteiger charge is 2.33. The number of rotatable bonds is 3. The lowest BCUT2D eigenvalue weighted by molar-refractivity contribution is 0.231. The molecule has 4 nitrogen and oxygen atoms in total. The minimum Gasteiger partial charge on any atom is -0.284 e. The van der Waals surface area contributed by atoms with Gasteiger partial charge in [0, 0.05) is 11.3 Å². The van der Waals surface area contributed by atoms with Crippen molar-refractivity contribution >= 4 is 28.6 Å². The van der Waals surface area contributed by atoms with E-state index in [2.05, 4.69) is 56.9 Å². The summed E-state index contributed by atoms with van der Waals surface area (Å²) in [7, 11) is 0. The lowest BCUT2D eigenvalue weighted by Crippen LogP contribution is -2.50. The number of nitrogens with zero attached hydrogens (tertiary/aromatic N) is 3. The number of urea groups is 1. The molecule has 2 aromatic rings. The monoisotopic (exact) mass is 417 g/mol. The summed E-state index contributed by atoms with van der Waals surface area (Å²) in [6.45, 7) is 6.94. The summed E-state index contributed by atoms with van der Waals surface area (Å²) in [4.78, 5) is 21.5. The molecule has 0 bridgehead atoms. The number of aliphatic imine (C=N–C) groups is 1. The Labute approximate surface area is 183 Å². The SMILES string of the molecule is CC(C)(C)c1ccc(C#CCN2C(=O)N(c3ccccc3)CSC2=NC2CC2)cc1. The lowest BCUT2D eigenvalue weighted by Gasteiger charge is -2.34. The van der Waals surface area contributed by atoms with Crippen LogP contribution in [-0.2, 0) is 5.41 Å². The molecule has 30 heavy (non-hydrogen) atoms. The maximum Gasteiger partial charge on any atom is 0.332 e. The minimum absolute atomic E-state index is 0.0586. The third kappa shape index (κ3) is 4.88. The maximum atomic E-state index is 13.2. The van der Waals surface area contributed by atoms with Gasteiger partial charge in [-0.25, -0.2) is 4.79 Å². The normalized spacial score (nSPS) is 18.4. The Hall–Kier alpha value is -2.71. The Kier molecular flexibility index (Phi) is 5.87. The van der Waals surface area contributed by atoms with Crippen LogP contribution in [0.4, 0.5) is 10.5 Å². The van der Waals surface area contributed by atoms with E-state index in [9.17, 15) is 4.79 Å². The van der Waals surface area contributed by atoms with E-state index in [1.54, 1.807) is 21.6 Å². The van der Waals surface area contributed by atoms with Gasteiger partial charge in [-0.3, -0.25) is 14.8 Å². The van der Waals surface area contributed by atoms with Gasteiger partial charge in [-0.05, 0) is 48.1 Å². The number of amidine groups is 1. The highest BCUT2D eigenvalue weighted by atomic mass is 32.2. The third-order valence-electron chi connectivity index (χ3n) is 5.14. The molecule has 2 amide bonds. The van der Waals surface area contributed by atoms with Crippen LogP contribution in [0.25, 0.3) is 0 Å². The Morgan fingerprint density at radius 1 is 1.07 bits per heavy atom. The summed E-state index contributed by atoms with van der Waals surface area (Å²) in [5.74, 6) is 6.97. The molecule has 0 N–H and O–H groups in total. The molecule has 0 unspecified atom stereocenters. The molecule has 0 radical (unpaired) electrons. The maximum absolute atomic E-state index is 13.2. The fraction of sp³-hybridized carbons (Fsp3) is 0.360. The van der Waals surface area contributed by atoms with Crippen molar-refractivity contribution in [2.45, 2.75) is 45.1 Å². The molecule has 0 atom stereocenters. The van der Waals surface area contributed by atoms with E-state index in [1.807, 2.05) is 30.3 Å². The minimum atomic E-state index is -0.0586. The number of carbonyl (C=O) groups is 1. The summed E-state index contributed by atoms with van der Waals surface area (Å²) in [6.07, 6.45) is 2.22. The van der Waals surface area contributed by atoms with E-state index in [0.717, 1.165) is 29.3 Å². The summed E-state index contributed by atoms with van der Waals surface area (Å²) < 4.78 is 0. The van der Waals surface area contributed by atoms with Crippen molar-refractivity contribution in [1.82, 2.24) is 4.90 Å². The van der Waals surface area contributed by atoms with Gasteiger partial charge in [0.15, 0.2) is 5.17 Å². The molecule has 5 heteroatoms. The Balaban J connectivity index is 1.52. The van der Waals surface area contributed by atoms with Crippen LogP contribution >= 0.6 is 11.8 Å². The summed E-state index contributed by atoms with van der Waals surface area (Å²) in [5.41, 5.74) is 3.27. The number of hydrogen-bond donors (Lipinski definition) is 0. The standard InChI is InChI=1S/C25H27N3OS/c1-25(2,3)20-13-11-19(12-14-20)8-7-17-27-23(26-21-15-16-21)30-18-28(24(27)29)22-9-5-4-6-10-22/h4-6,9-14,21H,15-18H2,1-3H3. The summed E-state index contributed by atoms with van der Waals surface area (Å²) in [6, 6.07) is 18.4. The Bertz CT molecular complexity index is 993. The summed E-state index contributed by atoms with van der Waals surface area (Å²) in [5, 5.41) is 0.798. The van der Waals surface area contributed by atoms with Gasteiger partial charge in [-0.1, -0.05) is 74.7 Å². The van der Waals surface area contributed by atoms with Crippen LogP contribution in [-0.4, -0.2) is 34.6 Å². The van der Waals surface area contributed by atoms with E-state index in [4.69, 9.17) is 4.99 Å². The van der Waals surface area contributed by atoms with Gasteiger partial charge in [-0.2, -0.15) is 0 Å². The van der Waals surface area contributed by atoms with Crippen molar-refractivity contribution in [1.29, 1.82) is 0 Å². The molecule has 2 aliphatic rings. The topological polar surface area (TPSA) is 35.9 Å². The smallest absolute Gasteiger partial charge is 0.284 e. The van der Waals surface area contributed by atoms with Crippen LogP contribution in [0.1, 0.15) is 44.7 Å². The zero-order valence-corrected chi connectivity index (χ0v) is 18.6. The molecule has 1 aliphatic carbocycles. The Morgan fingerprint density at radius 2 is 1.77 bits per heavy atom. The summed E-state index contributed by atoms with van der Waals surface area (Å²) >= 11 is 1.61. The molecule has 1 saturated carbocycles.